The molecule has 0 amide bonds. The molecule has 1 heterocycles. The van der Waals surface area contributed by atoms with Gasteiger partial charge < -0.3 is 10.2 Å². The van der Waals surface area contributed by atoms with Crippen molar-refractivity contribution in [2.75, 3.05) is 5.43 Å². The molecule has 2 rings (SSSR count). The largest absolute Gasteiger partial charge is 0.432 e. The predicted molar refractivity (Wildman–Crippen MR) is 56.2 cm³/mol. The second-order valence-corrected chi connectivity index (χ2v) is 3.03. The average molecular weight is 225 g/mol. The van der Waals surface area contributed by atoms with Crippen LogP contribution in [0.3, 0.4) is 0 Å². The number of nitrogen functional groups attached to an aromatic ring is 1. The number of hydrogen-bond acceptors (Lipinski definition) is 4. The van der Waals surface area contributed by atoms with Crippen molar-refractivity contribution in [1.29, 1.82) is 0 Å². The third kappa shape index (κ3) is 1.87. The van der Waals surface area contributed by atoms with Gasteiger partial charge in [0.1, 0.15) is 5.52 Å². The van der Waals surface area contributed by atoms with Gasteiger partial charge >= 0.3 is 6.61 Å². The lowest BCUT2D eigenvalue weighted by Gasteiger charge is -2.09. The third-order valence-corrected chi connectivity index (χ3v) is 2.11. The van der Waals surface area contributed by atoms with Crippen LogP contribution in [0.4, 0.5) is 14.5 Å². The van der Waals surface area contributed by atoms with E-state index in [1.807, 2.05) is 0 Å². The van der Waals surface area contributed by atoms with Crippen LogP contribution < -0.4 is 16.0 Å². The number of benzene rings is 1. The van der Waals surface area contributed by atoms with Crippen molar-refractivity contribution in [2.24, 2.45) is 5.84 Å². The van der Waals surface area contributed by atoms with Crippen molar-refractivity contribution in [3.8, 4) is 5.75 Å². The lowest BCUT2D eigenvalue weighted by atomic mass is 10.2. The van der Waals surface area contributed by atoms with Gasteiger partial charge in [0.15, 0.2) is 5.75 Å². The SMILES string of the molecule is NNc1ccnc2c(OC(F)F)cccc12. The molecule has 0 aliphatic heterocycles. The summed E-state index contributed by atoms with van der Waals surface area (Å²) < 4.78 is 28.6. The van der Waals surface area contributed by atoms with Crippen LogP contribution in [-0.4, -0.2) is 11.6 Å². The number of alkyl halides is 2. The van der Waals surface area contributed by atoms with E-state index in [2.05, 4.69) is 15.1 Å². The molecular weight excluding hydrogens is 216 g/mol. The number of hydrazine groups is 1. The Kier molecular flexibility index (Phi) is 2.82. The van der Waals surface area contributed by atoms with E-state index in [-0.39, 0.29) is 5.75 Å². The maximum Gasteiger partial charge on any atom is 0.387 e. The van der Waals surface area contributed by atoms with Crippen LogP contribution in [0.2, 0.25) is 0 Å². The Labute approximate surface area is 90.0 Å². The molecule has 2 aromatic rings. The summed E-state index contributed by atoms with van der Waals surface area (Å²) in [4.78, 5) is 3.99. The van der Waals surface area contributed by atoms with Crippen LogP contribution >= 0.6 is 0 Å². The molecule has 0 radical (unpaired) electrons. The van der Waals surface area contributed by atoms with E-state index in [4.69, 9.17) is 5.84 Å². The summed E-state index contributed by atoms with van der Waals surface area (Å²) in [5.41, 5.74) is 3.41. The van der Waals surface area contributed by atoms with E-state index >= 15 is 0 Å². The maximum atomic E-state index is 12.1. The van der Waals surface area contributed by atoms with E-state index in [9.17, 15) is 8.78 Å². The molecular formula is C10H9F2N3O. The van der Waals surface area contributed by atoms with Crippen molar-refractivity contribution in [3.05, 3.63) is 30.5 Å². The molecule has 1 aromatic heterocycles. The number of anilines is 1. The monoisotopic (exact) mass is 225 g/mol. The fraction of sp³-hybridized carbons (Fsp3) is 0.100. The number of para-hydroxylation sites is 1. The van der Waals surface area contributed by atoms with E-state index < -0.39 is 6.61 Å². The molecule has 0 saturated carbocycles. The second-order valence-electron chi connectivity index (χ2n) is 3.03. The number of halogens is 2. The highest BCUT2D eigenvalue weighted by molar-refractivity contribution is 5.94. The van der Waals surface area contributed by atoms with Gasteiger partial charge in [-0.05, 0) is 12.1 Å². The first kappa shape index (κ1) is 10.6. The Hall–Kier alpha value is -1.95. The maximum absolute atomic E-state index is 12.1. The van der Waals surface area contributed by atoms with Gasteiger partial charge in [-0.15, -0.1) is 0 Å². The summed E-state index contributed by atoms with van der Waals surface area (Å²) >= 11 is 0. The fourth-order valence-electron chi connectivity index (χ4n) is 1.47. The van der Waals surface area contributed by atoms with Crippen molar-refractivity contribution in [1.82, 2.24) is 4.98 Å². The second kappa shape index (κ2) is 4.28. The van der Waals surface area contributed by atoms with Gasteiger partial charge in [0.2, 0.25) is 0 Å². The molecule has 4 nitrogen and oxygen atoms in total. The lowest BCUT2D eigenvalue weighted by Crippen LogP contribution is -2.08. The minimum absolute atomic E-state index is 0.0320. The smallest absolute Gasteiger partial charge is 0.387 e. The molecule has 16 heavy (non-hydrogen) atoms. The van der Waals surface area contributed by atoms with E-state index in [1.165, 1.54) is 12.3 Å². The Morgan fingerprint density at radius 2 is 2.12 bits per heavy atom. The Balaban J connectivity index is 2.59. The topological polar surface area (TPSA) is 60.2 Å². The minimum Gasteiger partial charge on any atom is -0.432 e. The number of nitrogens with two attached hydrogens (primary N) is 1. The Morgan fingerprint density at radius 1 is 1.31 bits per heavy atom. The van der Waals surface area contributed by atoms with E-state index in [0.717, 1.165) is 0 Å². The molecule has 0 spiro atoms. The van der Waals surface area contributed by atoms with Gasteiger partial charge in [-0.25, -0.2) is 0 Å². The molecule has 1 aromatic carbocycles. The highest BCUT2D eigenvalue weighted by atomic mass is 19.3. The first-order valence-corrected chi connectivity index (χ1v) is 4.51. The summed E-state index contributed by atoms with van der Waals surface area (Å²) in [6.45, 7) is -2.87. The molecule has 0 bridgehead atoms. The van der Waals surface area contributed by atoms with E-state index in [0.29, 0.717) is 16.6 Å². The summed E-state index contributed by atoms with van der Waals surface area (Å²) in [6.07, 6.45) is 1.47. The van der Waals surface area contributed by atoms with Crippen molar-refractivity contribution in [3.63, 3.8) is 0 Å². The molecule has 0 atom stereocenters. The fourth-order valence-corrected chi connectivity index (χ4v) is 1.47. The minimum atomic E-state index is -2.87. The summed E-state index contributed by atoms with van der Waals surface area (Å²) in [5, 5.41) is 0.628. The normalized spacial score (nSPS) is 10.8. The number of rotatable bonds is 3. The van der Waals surface area contributed by atoms with Gasteiger partial charge in [0.05, 0.1) is 5.69 Å². The highest BCUT2D eigenvalue weighted by Crippen LogP contribution is 2.29. The summed E-state index contributed by atoms with van der Waals surface area (Å²) in [5.74, 6) is 5.33. The van der Waals surface area contributed by atoms with Crippen LogP contribution in [-0.2, 0) is 0 Å². The van der Waals surface area contributed by atoms with Crippen LogP contribution in [0.15, 0.2) is 30.5 Å². The van der Waals surface area contributed by atoms with Crippen molar-refractivity contribution in [2.45, 2.75) is 6.61 Å². The summed E-state index contributed by atoms with van der Waals surface area (Å²) in [7, 11) is 0. The van der Waals surface area contributed by atoms with Gasteiger partial charge in [-0.2, -0.15) is 8.78 Å². The average Bonchev–Trinajstić information content (AvgIpc) is 2.28. The van der Waals surface area contributed by atoms with Gasteiger partial charge in [-0.1, -0.05) is 12.1 Å². The third-order valence-electron chi connectivity index (χ3n) is 2.11. The highest BCUT2D eigenvalue weighted by Gasteiger charge is 2.10. The van der Waals surface area contributed by atoms with Crippen LogP contribution in [0.5, 0.6) is 5.75 Å². The van der Waals surface area contributed by atoms with Crippen LogP contribution in [0.1, 0.15) is 0 Å². The zero-order chi connectivity index (χ0) is 11.5. The number of hydrogen-bond donors (Lipinski definition) is 2. The molecule has 0 saturated heterocycles. The Bertz CT molecular complexity index is 504. The standard InChI is InChI=1S/C10H9F2N3O/c11-10(12)16-8-3-1-2-6-7(15-13)4-5-14-9(6)8/h1-5,10H,13H2,(H,14,15). The first-order chi connectivity index (χ1) is 7.72. The first-order valence-electron chi connectivity index (χ1n) is 4.51. The van der Waals surface area contributed by atoms with Crippen molar-refractivity contribution < 1.29 is 13.5 Å². The number of pyridine rings is 1. The van der Waals surface area contributed by atoms with Crippen LogP contribution in [0.25, 0.3) is 10.9 Å². The lowest BCUT2D eigenvalue weighted by molar-refractivity contribution is -0.0489. The zero-order valence-corrected chi connectivity index (χ0v) is 8.15. The van der Waals surface area contributed by atoms with Crippen molar-refractivity contribution >= 4 is 16.6 Å². The molecule has 0 aliphatic rings. The number of ether oxygens (including phenoxy) is 1. The zero-order valence-electron chi connectivity index (χ0n) is 8.15. The number of nitrogens with zero attached hydrogens (tertiary/aromatic N) is 1. The molecule has 0 unspecified atom stereocenters. The molecule has 84 valence electrons. The van der Waals surface area contributed by atoms with Gasteiger partial charge in [0.25, 0.3) is 0 Å². The van der Waals surface area contributed by atoms with Crippen LogP contribution in [0, 0.1) is 0 Å². The van der Waals surface area contributed by atoms with Gasteiger partial charge in [-0.3, -0.25) is 10.8 Å². The van der Waals surface area contributed by atoms with E-state index in [1.54, 1.807) is 18.2 Å². The Morgan fingerprint density at radius 3 is 2.81 bits per heavy atom. The summed E-state index contributed by atoms with van der Waals surface area (Å²) in [6, 6.07) is 6.40. The number of fused-ring (bicyclic) bond motifs is 1. The molecule has 3 N–H and O–H groups in total. The van der Waals surface area contributed by atoms with Gasteiger partial charge in [0, 0.05) is 11.6 Å². The molecule has 0 fully saturated rings. The molecule has 0 aliphatic carbocycles. The number of aromatic nitrogens is 1. The number of nitrogens with one attached hydrogen (secondary N) is 1. The predicted octanol–water partition coefficient (Wildman–Crippen LogP) is 2.12. The molecule has 6 heteroatoms. The quantitative estimate of drug-likeness (QED) is 0.620.